The van der Waals surface area contributed by atoms with Crippen LogP contribution in [0.1, 0.15) is 27.3 Å². The summed E-state index contributed by atoms with van der Waals surface area (Å²) in [5, 5.41) is 15.1. The Kier molecular flexibility index (Phi) is 6.10. The Morgan fingerprint density at radius 1 is 1.04 bits per heavy atom. The SMILES string of the molecule is Cc1cccc(NC(=O)Nc2cccc(CNC(=O)c3n[nH]c(C)c3Br)c2)c1. The minimum absolute atomic E-state index is 0.285. The van der Waals surface area contributed by atoms with Crippen LogP contribution in [0.4, 0.5) is 16.2 Å². The number of rotatable bonds is 5. The van der Waals surface area contributed by atoms with E-state index in [1.54, 1.807) is 12.1 Å². The molecule has 3 amide bonds. The van der Waals surface area contributed by atoms with Gasteiger partial charge in [0, 0.05) is 23.6 Å². The Bertz CT molecular complexity index is 1020. The first-order chi connectivity index (χ1) is 13.4. The maximum absolute atomic E-state index is 12.2. The molecular weight excluding hydrogens is 422 g/mol. The fourth-order valence-corrected chi connectivity index (χ4v) is 2.96. The Morgan fingerprint density at radius 2 is 1.71 bits per heavy atom. The highest BCUT2D eigenvalue weighted by atomic mass is 79.9. The quantitative estimate of drug-likeness (QED) is 0.473. The molecule has 1 aromatic heterocycles. The molecular formula is C20H20BrN5O2. The van der Waals surface area contributed by atoms with E-state index < -0.39 is 0 Å². The summed E-state index contributed by atoms with van der Waals surface area (Å²) in [7, 11) is 0. The van der Waals surface area contributed by atoms with Crippen LogP contribution in [0.15, 0.2) is 53.0 Å². The zero-order valence-corrected chi connectivity index (χ0v) is 17.1. The number of nitrogens with zero attached hydrogens (tertiary/aromatic N) is 1. The van der Waals surface area contributed by atoms with Crippen LogP contribution in [0.3, 0.4) is 0 Å². The van der Waals surface area contributed by atoms with Gasteiger partial charge in [0.2, 0.25) is 0 Å². The summed E-state index contributed by atoms with van der Waals surface area (Å²) in [5.74, 6) is -0.285. The van der Waals surface area contributed by atoms with E-state index in [9.17, 15) is 9.59 Å². The second-order valence-electron chi connectivity index (χ2n) is 6.34. The van der Waals surface area contributed by atoms with Gasteiger partial charge in [0.1, 0.15) is 0 Å². The molecule has 28 heavy (non-hydrogen) atoms. The topological polar surface area (TPSA) is 98.9 Å². The molecule has 0 aliphatic rings. The largest absolute Gasteiger partial charge is 0.347 e. The zero-order valence-electron chi connectivity index (χ0n) is 15.5. The van der Waals surface area contributed by atoms with Crippen LogP contribution < -0.4 is 16.0 Å². The van der Waals surface area contributed by atoms with Crippen LogP contribution in [0, 0.1) is 13.8 Å². The van der Waals surface area contributed by atoms with Crippen LogP contribution >= 0.6 is 15.9 Å². The molecule has 8 heteroatoms. The van der Waals surface area contributed by atoms with Crippen LogP contribution in [0.2, 0.25) is 0 Å². The average molecular weight is 442 g/mol. The van der Waals surface area contributed by atoms with Gasteiger partial charge in [-0.1, -0.05) is 24.3 Å². The molecule has 0 saturated heterocycles. The first kappa shape index (κ1) is 19.6. The highest BCUT2D eigenvalue weighted by molar-refractivity contribution is 9.10. The van der Waals surface area contributed by atoms with Crippen LogP contribution in [-0.2, 0) is 6.54 Å². The van der Waals surface area contributed by atoms with Gasteiger partial charge in [-0.3, -0.25) is 9.89 Å². The van der Waals surface area contributed by atoms with Gasteiger partial charge < -0.3 is 16.0 Å². The summed E-state index contributed by atoms with van der Waals surface area (Å²) in [6, 6.07) is 14.5. The Labute approximate surface area is 171 Å². The van der Waals surface area contributed by atoms with E-state index in [2.05, 4.69) is 42.1 Å². The van der Waals surface area contributed by atoms with Crippen molar-refractivity contribution in [2.24, 2.45) is 0 Å². The lowest BCUT2D eigenvalue weighted by Gasteiger charge is -2.10. The van der Waals surface area contributed by atoms with Crippen molar-refractivity contribution >= 4 is 39.2 Å². The summed E-state index contributed by atoms with van der Waals surface area (Å²) >= 11 is 3.34. The van der Waals surface area contributed by atoms with Crippen LogP contribution in [-0.4, -0.2) is 22.1 Å². The maximum atomic E-state index is 12.2. The number of aromatic amines is 1. The van der Waals surface area contributed by atoms with Crippen molar-refractivity contribution in [1.29, 1.82) is 0 Å². The lowest BCUT2D eigenvalue weighted by molar-refractivity contribution is 0.0945. The first-order valence-electron chi connectivity index (χ1n) is 8.64. The fourth-order valence-electron chi connectivity index (χ4n) is 2.61. The molecule has 0 unspecified atom stereocenters. The number of amides is 3. The van der Waals surface area contributed by atoms with E-state index in [0.717, 1.165) is 22.5 Å². The van der Waals surface area contributed by atoms with Gasteiger partial charge in [0.15, 0.2) is 5.69 Å². The van der Waals surface area contributed by atoms with Crippen molar-refractivity contribution in [3.8, 4) is 0 Å². The fraction of sp³-hybridized carbons (Fsp3) is 0.150. The molecule has 144 valence electrons. The summed E-state index contributed by atoms with van der Waals surface area (Å²) in [4.78, 5) is 24.4. The summed E-state index contributed by atoms with van der Waals surface area (Å²) in [5.41, 5.74) is 4.37. The number of urea groups is 1. The molecule has 3 rings (SSSR count). The van der Waals surface area contributed by atoms with Gasteiger partial charge in [-0.25, -0.2) is 4.79 Å². The number of hydrogen-bond acceptors (Lipinski definition) is 3. The number of hydrogen-bond donors (Lipinski definition) is 4. The third kappa shape index (κ3) is 4.98. The zero-order chi connectivity index (χ0) is 20.1. The number of aromatic nitrogens is 2. The highest BCUT2D eigenvalue weighted by Crippen LogP contribution is 2.18. The number of halogens is 1. The maximum Gasteiger partial charge on any atom is 0.323 e. The molecule has 3 aromatic rings. The second kappa shape index (κ2) is 8.71. The van der Waals surface area contributed by atoms with Crippen LogP contribution in [0.25, 0.3) is 0 Å². The molecule has 0 fully saturated rings. The van der Waals surface area contributed by atoms with E-state index in [1.807, 2.05) is 50.2 Å². The van der Waals surface area contributed by atoms with E-state index in [4.69, 9.17) is 0 Å². The molecule has 0 bridgehead atoms. The van der Waals surface area contributed by atoms with Gasteiger partial charge in [-0.15, -0.1) is 0 Å². The number of carbonyl (C=O) groups is 2. The van der Waals surface area contributed by atoms with Crippen molar-refractivity contribution < 1.29 is 9.59 Å². The average Bonchev–Trinajstić information content (AvgIpc) is 2.99. The third-order valence-corrected chi connectivity index (χ3v) is 4.97. The third-order valence-electron chi connectivity index (χ3n) is 4.00. The predicted octanol–water partition coefficient (Wildman–Crippen LogP) is 4.36. The number of benzene rings is 2. The van der Waals surface area contributed by atoms with E-state index in [1.165, 1.54) is 0 Å². The molecule has 0 aliphatic heterocycles. The van der Waals surface area contributed by atoms with Crippen molar-refractivity contribution in [3.05, 3.63) is 75.5 Å². The van der Waals surface area contributed by atoms with Gasteiger partial charge in [-0.2, -0.15) is 5.10 Å². The number of H-pyrrole nitrogens is 1. The molecule has 0 atom stereocenters. The molecule has 0 spiro atoms. The Morgan fingerprint density at radius 3 is 2.36 bits per heavy atom. The van der Waals surface area contributed by atoms with Crippen molar-refractivity contribution in [2.45, 2.75) is 20.4 Å². The number of anilines is 2. The number of aryl methyl sites for hydroxylation is 2. The molecule has 1 heterocycles. The normalized spacial score (nSPS) is 10.4. The standard InChI is InChI=1S/C20H20BrN5O2/c1-12-5-3-7-15(9-12)23-20(28)24-16-8-4-6-14(10-16)11-22-19(27)18-17(21)13(2)25-26-18/h3-10H,11H2,1-2H3,(H,22,27)(H,25,26)(H2,23,24,28). The molecule has 0 saturated carbocycles. The number of nitrogens with one attached hydrogen (secondary N) is 4. The summed E-state index contributed by atoms with van der Waals surface area (Å²) in [6.45, 7) is 4.10. The molecule has 0 radical (unpaired) electrons. The van der Waals surface area contributed by atoms with E-state index in [0.29, 0.717) is 22.4 Å². The second-order valence-corrected chi connectivity index (χ2v) is 7.14. The van der Waals surface area contributed by atoms with E-state index in [-0.39, 0.29) is 11.9 Å². The monoisotopic (exact) mass is 441 g/mol. The van der Waals surface area contributed by atoms with Gasteiger partial charge >= 0.3 is 6.03 Å². The highest BCUT2D eigenvalue weighted by Gasteiger charge is 2.15. The smallest absolute Gasteiger partial charge is 0.323 e. The minimum atomic E-state index is -0.331. The Balaban J connectivity index is 1.58. The molecule has 2 aromatic carbocycles. The first-order valence-corrected chi connectivity index (χ1v) is 9.44. The van der Waals surface area contributed by atoms with E-state index >= 15 is 0 Å². The molecule has 4 N–H and O–H groups in total. The minimum Gasteiger partial charge on any atom is -0.347 e. The van der Waals surface area contributed by atoms with Crippen molar-refractivity contribution in [2.75, 3.05) is 10.6 Å². The van der Waals surface area contributed by atoms with Crippen molar-refractivity contribution in [1.82, 2.24) is 15.5 Å². The van der Waals surface area contributed by atoms with Crippen LogP contribution in [0.5, 0.6) is 0 Å². The molecule has 7 nitrogen and oxygen atoms in total. The van der Waals surface area contributed by atoms with Gasteiger partial charge in [0.25, 0.3) is 5.91 Å². The lowest BCUT2D eigenvalue weighted by Crippen LogP contribution is -2.24. The number of carbonyl (C=O) groups excluding carboxylic acids is 2. The summed E-state index contributed by atoms with van der Waals surface area (Å²) in [6.07, 6.45) is 0. The van der Waals surface area contributed by atoms with Crippen molar-refractivity contribution in [3.63, 3.8) is 0 Å². The summed E-state index contributed by atoms with van der Waals surface area (Å²) < 4.78 is 0.647. The lowest BCUT2D eigenvalue weighted by atomic mass is 10.2. The molecule has 0 aliphatic carbocycles. The van der Waals surface area contributed by atoms with Gasteiger partial charge in [0.05, 0.1) is 4.47 Å². The Hall–Kier alpha value is -3.13. The van der Waals surface area contributed by atoms with Gasteiger partial charge in [-0.05, 0) is 65.2 Å². The predicted molar refractivity (Wildman–Crippen MR) is 112 cm³/mol.